The molecule has 10 saturated heterocycles. The van der Waals surface area contributed by atoms with Crippen molar-refractivity contribution in [2.45, 2.75) is 233 Å². The SMILES string of the molecule is C=C1C[C@@H]2CC[C@@]34C[C@@H]5O[C@H]6[C@@H](O3)[C@H]3OC(CC[C@@H]3O[C@H]6C5O4)CC(=O)C[C@H]3[C@H](CC4O[C@@H](CCC1O2)C[C@@H](C)C4=C)OC(C[C@@H](CN1C(=O)c2ccccc2C1=O)O[Si](C)(C)C(C)(C)C)[C@@H]3OC. The maximum absolute atomic E-state index is 14.7. The van der Waals surface area contributed by atoms with Gasteiger partial charge in [0, 0.05) is 51.6 Å². The Labute approximate surface area is 408 Å². The van der Waals surface area contributed by atoms with Crippen LogP contribution in [0, 0.1) is 11.8 Å². The van der Waals surface area contributed by atoms with E-state index in [4.69, 9.17) is 47.1 Å². The maximum atomic E-state index is 14.7. The van der Waals surface area contributed by atoms with Crippen molar-refractivity contribution in [1.29, 1.82) is 0 Å². The zero-order chi connectivity index (χ0) is 48.3. The highest BCUT2D eigenvalue weighted by Crippen LogP contribution is 2.55. The Hall–Kier alpha value is -2.67. The minimum Gasteiger partial charge on any atom is -0.412 e. The first-order valence-electron chi connectivity index (χ1n) is 26.2. The molecule has 14 nitrogen and oxygen atoms in total. The standard InChI is InChI=1S/C54H75NO13Si/c1-28-20-32-14-16-39-29(2)21-34(60-39)18-19-54-26-44-47(66-54)48-49(65-44)50(67-54)46-40(64-48)17-15-33(62-46)22-31(56)23-38-42(25-41(61-32)30(28)3)63-43(45(38)59-7)24-35(68-69(8,9)53(4,5)6)27-55-51(57)36-12-10-11-13-37(36)52(55)58/h10-13,28,32-35,38-50H,2-3,14-27H2,1,4-9H3/t28-,32+,33?,34+,35+,38+,39?,40+,41?,42+,43?,44+,45-,46+,47?,48+,49-,50+,54+/m1/s1. The Balaban J connectivity index is 0.882. The van der Waals surface area contributed by atoms with Gasteiger partial charge in [-0.25, -0.2) is 0 Å². The molecular weight excluding hydrogens is 899 g/mol. The fourth-order valence-electron chi connectivity index (χ4n) is 13.5. The van der Waals surface area contributed by atoms with Crippen molar-refractivity contribution in [3.63, 3.8) is 0 Å². The lowest BCUT2D eigenvalue weighted by atomic mass is 9.81. The van der Waals surface area contributed by atoms with Crippen molar-refractivity contribution in [2.75, 3.05) is 13.7 Å². The minimum atomic E-state index is -2.46. The molecule has 0 saturated carbocycles. The lowest BCUT2D eigenvalue weighted by Crippen LogP contribution is -2.61. The van der Waals surface area contributed by atoms with E-state index in [9.17, 15) is 14.4 Å². The van der Waals surface area contributed by atoms with E-state index in [1.165, 1.54) is 4.90 Å². The van der Waals surface area contributed by atoms with Crippen LogP contribution in [0.5, 0.6) is 0 Å². The summed E-state index contributed by atoms with van der Waals surface area (Å²) in [6.45, 7) is 22.3. The zero-order valence-corrected chi connectivity index (χ0v) is 42.8. The first kappa shape index (κ1) is 48.6. The summed E-state index contributed by atoms with van der Waals surface area (Å²) < 4.78 is 68.8. The molecule has 0 N–H and O–H groups in total. The number of carbonyl (C=O) groups is 3. The second-order valence-electron chi connectivity index (χ2n) is 23.8. The molecule has 0 aliphatic carbocycles. The predicted octanol–water partition coefficient (Wildman–Crippen LogP) is 7.81. The van der Waals surface area contributed by atoms with Crippen LogP contribution >= 0.6 is 0 Å². The van der Waals surface area contributed by atoms with Gasteiger partial charge in [-0.1, -0.05) is 53.0 Å². The van der Waals surface area contributed by atoms with Crippen LogP contribution in [0.2, 0.25) is 18.1 Å². The molecule has 10 fully saturated rings. The van der Waals surface area contributed by atoms with Gasteiger partial charge in [0.2, 0.25) is 0 Å². The van der Waals surface area contributed by atoms with Crippen molar-refractivity contribution in [3.8, 4) is 0 Å². The van der Waals surface area contributed by atoms with Crippen LogP contribution in [0.15, 0.2) is 48.6 Å². The lowest BCUT2D eigenvalue weighted by molar-refractivity contribution is -0.292. The van der Waals surface area contributed by atoms with Gasteiger partial charge in [-0.2, -0.15) is 0 Å². The molecule has 378 valence electrons. The van der Waals surface area contributed by atoms with Crippen LogP contribution in [0.1, 0.15) is 132 Å². The van der Waals surface area contributed by atoms with E-state index in [0.717, 1.165) is 49.7 Å². The van der Waals surface area contributed by atoms with E-state index in [1.807, 2.05) is 0 Å². The average molecular weight is 974 g/mol. The number of methoxy groups -OCH3 is 1. The van der Waals surface area contributed by atoms with Gasteiger partial charge >= 0.3 is 0 Å². The monoisotopic (exact) mass is 974 g/mol. The highest BCUT2D eigenvalue weighted by molar-refractivity contribution is 6.74. The number of benzene rings is 1. The Kier molecular flexibility index (Phi) is 12.9. The summed E-state index contributed by atoms with van der Waals surface area (Å²) in [6.07, 6.45) is 3.69. The first-order valence-corrected chi connectivity index (χ1v) is 29.1. The molecule has 5 unspecified atom stereocenters. The van der Waals surface area contributed by atoms with Crippen LogP contribution in [0.4, 0.5) is 0 Å². The number of rotatable bonds is 7. The molecule has 2 amide bonds. The molecule has 0 aromatic heterocycles. The maximum Gasteiger partial charge on any atom is 0.261 e. The molecule has 1 aromatic carbocycles. The number of hydrogen-bond donors (Lipinski definition) is 0. The number of imide groups is 1. The van der Waals surface area contributed by atoms with Crippen molar-refractivity contribution in [1.82, 2.24) is 4.90 Å². The van der Waals surface area contributed by atoms with E-state index < -0.39 is 44.6 Å². The highest BCUT2D eigenvalue weighted by atomic mass is 28.4. The van der Waals surface area contributed by atoms with Gasteiger partial charge < -0.3 is 47.1 Å². The zero-order valence-electron chi connectivity index (χ0n) is 41.8. The van der Waals surface area contributed by atoms with Gasteiger partial charge in [-0.3, -0.25) is 19.3 Å². The number of Topliss-reactive ketones (excluding diaryl/α,β-unsaturated/α-hetero) is 1. The molecule has 12 rings (SSSR count). The number of ketones is 1. The van der Waals surface area contributed by atoms with Crippen molar-refractivity contribution in [2.24, 2.45) is 11.8 Å². The van der Waals surface area contributed by atoms with Gasteiger partial charge in [-0.05, 0) is 92.3 Å². The summed E-state index contributed by atoms with van der Waals surface area (Å²) >= 11 is 0. The van der Waals surface area contributed by atoms with Gasteiger partial charge in [-0.15, -0.1) is 0 Å². The van der Waals surface area contributed by atoms with Gasteiger partial charge in [0.25, 0.3) is 11.8 Å². The van der Waals surface area contributed by atoms with Crippen molar-refractivity contribution in [3.05, 3.63) is 59.7 Å². The normalized spacial score (nSPS) is 43.8. The molecule has 11 heterocycles. The quantitative estimate of drug-likeness (QED) is 0.149. The van der Waals surface area contributed by atoms with E-state index in [1.54, 1.807) is 31.4 Å². The molecule has 19 atom stereocenters. The van der Waals surface area contributed by atoms with Crippen LogP contribution in [0.3, 0.4) is 0 Å². The van der Waals surface area contributed by atoms with E-state index in [2.05, 4.69) is 53.9 Å². The molecule has 1 spiro atoms. The lowest BCUT2D eigenvalue weighted by Gasteiger charge is -2.47. The summed E-state index contributed by atoms with van der Waals surface area (Å²) in [4.78, 5) is 43.6. The molecule has 1 aromatic rings. The predicted molar refractivity (Wildman–Crippen MR) is 255 cm³/mol. The number of fused-ring (bicyclic) bond motifs is 7. The second-order valence-corrected chi connectivity index (χ2v) is 28.6. The molecular formula is C54H75NO13Si. The number of hydrogen-bond acceptors (Lipinski definition) is 13. The van der Waals surface area contributed by atoms with Crippen molar-refractivity contribution < 1.29 is 61.4 Å². The van der Waals surface area contributed by atoms with E-state index >= 15 is 0 Å². The van der Waals surface area contributed by atoms with Crippen molar-refractivity contribution >= 4 is 25.9 Å². The Morgan fingerprint density at radius 2 is 1.43 bits per heavy atom. The second kappa shape index (κ2) is 18.4. The largest absolute Gasteiger partial charge is 0.412 e. The summed E-state index contributed by atoms with van der Waals surface area (Å²) in [5, 5.41) is -0.153. The number of amides is 2. The fourth-order valence-corrected chi connectivity index (χ4v) is 14.9. The Morgan fingerprint density at radius 1 is 0.754 bits per heavy atom. The molecule has 11 aliphatic heterocycles. The van der Waals surface area contributed by atoms with E-state index in [0.29, 0.717) is 43.2 Å². The van der Waals surface area contributed by atoms with Crippen LogP contribution in [-0.4, -0.2) is 148 Å². The third-order valence-electron chi connectivity index (χ3n) is 18.2. The average Bonchev–Trinajstić information content (AvgIpc) is 4.03. The molecule has 69 heavy (non-hydrogen) atoms. The van der Waals surface area contributed by atoms with Gasteiger partial charge in [0.15, 0.2) is 14.1 Å². The van der Waals surface area contributed by atoms with E-state index in [-0.39, 0.29) is 121 Å². The highest BCUT2D eigenvalue weighted by Gasteiger charge is 2.69. The van der Waals surface area contributed by atoms with Crippen LogP contribution in [0.25, 0.3) is 0 Å². The number of ether oxygens (including phenoxy) is 9. The summed E-state index contributed by atoms with van der Waals surface area (Å²) in [6, 6.07) is 6.97. The summed E-state index contributed by atoms with van der Waals surface area (Å²) in [5.41, 5.74) is 2.95. The Bertz CT molecular complexity index is 2160. The minimum absolute atomic E-state index is 0.0150. The summed E-state index contributed by atoms with van der Waals surface area (Å²) in [5.74, 6) is -1.50. The van der Waals surface area contributed by atoms with Crippen LogP contribution < -0.4 is 0 Å². The van der Waals surface area contributed by atoms with Crippen LogP contribution in [-0.2, 0) is 51.9 Å². The molecule has 11 aliphatic rings. The number of carbonyl (C=O) groups excluding carboxylic acids is 3. The topological polar surface area (TPSA) is 147 Å². The third-order valence-corrected chi connectivity index (χ3v) is 22.8. The number of nitrogens with zero attached hydrogens (tertiary/aromatic N) is 1. The third kappa shape index (κ3) is 8.93. The van der Waals surface area contributed by atoms with Gasteiger partial charge in [0.1, 0.15) is 36.3 Å². The fraction of sp³-hybridized carbons (Fsp3) is 0.759. The summed E-state index contributed by atoms with van der Waals surface area (Å²) in [7, 11) is -0.776. The Morgan fingerprint density at radius 3 is 2.17 bits per heavy atom. The molecule has 0 radical (unpaired) electrons. The van der Waals surface area contributed by atoms with Gasteiger partial charge in [0.05, 0.1) is 84.8 Å². The molecule has 15 heteroatoms. The smallest absolute Gasteiger partial charge is 0.261 e. The molecule has 12 bridgehead atoms. The first-order chi connectivity index (χ1) is 32.9.